The van der Waals surface area contributed by atoms with E-state index < -0.39 is 0 Å². The molecular formula is C25H24N2O2S. The summed E-state index contributed by atoms with van der Waals surface area (Å²) in [6, 6.07) is 20.3. The van der Waals surface area contributed by atoms with Gasteiger partial charge in [-0.2, -0.15) is 0 Å². The van der Waals surface area contributed by atoms with Crippen LogP contribution in [0.3, 0.4) is 0 Å². The minimum Gasteiger partial charge on any atom is -0.327 e. The van der Waals surface area contributed by atoms with Crippen LogP contribution in [0.5, 0.6) is 0 Å². The van der Waals surface area contributed by atoms with Crippen molar-refractivity contribution in [2.24, 2.45) is 0 Å². The monoisotopic (exact) mass is 416 g/mol. The van der Waals surface area contributed by atoms with Gasteiger partial charge in [-0.15, -0.1) is 11.3 Å². The van der Waals surface area contributed by atoms with Gasteiger partial charge >= 0.3 is 0 Å². The number of fused-ring (bicyclic) bond motifs is 2. The number of carbonyl (C=O) groups excluding carboxylic acids is 2. The highest BCUT2D eigenvalue weighted by molar-refractivity contribution is 7.16. The Kier molecular flexibility index (Phi) is 4.91. The first kappa shape index (κ1) is 19.1. The van der Waals surface area contributed by atoms with E-state index in [2.05, 4.69) is 37.3 Å². The van der Waals surface area contributed by atoms with Gasteiger partial charge in [0, 0.05) is 11.4 Å². The summed E-state index contributed by atoms with van der Waals surface area (Å²) in [6.45, 7) is 3.24. The summed E-state index contributed by atoms with van der Waals surface area (Å²) in [5, 5.41) is 0.807. The van der Waals surface area contributed by atoms with Gasteiger partial charge in [0.2, 0.25) is 0 Å². The summed E-state index contributed by atoms with van der Waals surface area (Å²) in [4.78, 5) is 31.5. The summed E-state index contributed by atoms with van der Waals surface area (Å²) in [5.41, 5.74) is 4.05. The molecular weight excluding hydrogens is 392 g/mol. The van der Waals surface area contributed by atoms with Crippen LogP contribution in [-0.4, -0.2) is 29.3 Å². The Hall–Kier alpha value is -2.92. The number of amides is 2. The predicted octanol–water partition coefficient (Wildman–Crippen LogP) is 5.13. The van der Waals surface area contributed by atoms with Gasteiger partial charge in [-0.3, -0.25) is 14.5 Å². The number of aryl methyl sites for hydroxylation is 1. The van der Waals surface area contributed by atoms with E-state index in [1.807, 2.05) is 35.2 Å². The molecule has 1 fully saturated rings. The lowest BCUT2D eigenvalue weighted by atomic mass is 10.0. The molecule has 30 heavy (non-hydrogen) atoms. The summed E-state index contributed by atoms with van der Waals surface area (Å²) in [6.07, 6.45) is 2.50. The van der Waals surface area contributed by atoms with Gasteiger partial charge in [-0.25, -0.2) is 0 Å². The third-order valence-electron chi connectivity index (χ3n) is 6.03. The van der Waals surface area contributed by atoms with Crippen molar-refractivity contribution in [3.05, 3.63) is 76.7 Å². The first-order valence-corrected chi connectivity index (χ1v) is 11.4. The molecule has 5 rings (SSSR count). The molecule has 2 aromatic carbocycles. The van der Waals surface area contributed by atoms with Gasteiger partial charge < -0.3 is 4.90 Å². The number of anilines is 1. The van der Waals surface area contributed by atoms with E-state index in [0.717, 1.165) is 45.8 Å². The fourth-order valence-corrected chi connectivity index (χ4v) is 5.56. The number of hydrogen-bond acceptors (Lipinski definition) is 3. The van der Waals surface area contributed by atoms with Gasteiger partial charge in [0.25, 0.3) is 11.8 Å². The molecule has 2 aliphatic heterocycles. The van der Waals surface area contributed by atoms with Gasteiger partial charge in [-0.05, 0) is 48.1 Å². The van der Waals surface area contributed by atoms with Crippen LogP contribution in [0.1, 0.15) is 40.6 Å². The second kappa shape index (κ2) is 7.73. The van der Waals surface area contributed by atoms with Crippen molar-refractivity contribution in [2.45, 2.75) is 38.8 Å². The number of nitrogens with zero attached hydrogens (tertiary/aromatic N) is 2. The largest absolute Gasteiger partial charge is 0.327 e. The highest BCUT2D eigenvalue weighted by Gasteiger charge is 2.42. The van der Waals surface area contributed by atoms with Gasteiger partial charge in [0.15, 0.2) is 0 Å². The first-order valence-electron chi connectivity index (χ1n) is 10.5. The van der Waals surface area contributed by atoms with Crippen LogP contribution in [0.25, 0.3) is 11.1 Å². The Morgan fingerprint density at radius 3 is 2.60 bits per heavy atom. The molecule has 0 saturated carbocycles. The molecule has 4 nitrogen and oxygen atoms in total. The van der Waals surface area contributed by atoms with Crippen LogP contribution in [0, 0.1) is 0 Å². The molecule has 0 aliphatic carbocycles. The van der Waals surface area contributed by atoms with Crippen molar-refractivity contribution >= 4 is 28.2 Å². The summed E-state index contributed by atoms with van der Waals surface area (Å²) >= 11 is 1.58. The fraction of sp³-hybridized carbons (Fsp3) is 0.280. The zero-order valence-electron chi connectivity index (χ0n) is 17.0. The Morgan fingerprint density at radius 1 is 1.00 bits per heavy atom. The van der Waals surface area contributed by atoms with E-state index in [0.29, 0.717) is 18.7 Å². The standard InChI is InChI=1S/C25H24N2O2S/c1-2-20-15-21-23(28)26-13-7-12-22(26)24(29)27(25(21)30-20)16-17-8-6-11-19(14-17)18-9-4-3-5-10-18/h3-6,8-11,14-15,22H,2,7,12-13,16H2,1H3. The van der Waals surface area contributed by atoms with Crippen molar-refractivity contribution in [2.75, 3.05) is 11.4 Å². The fourth-order valence-electron chi connectivity index (χ4n) is 4.47. The summed E-state index contributed by atoms with van der Waals surface area (Å²) < 4.78 is 0. The normalized spacial score (nSPS) is 18.4. The van der Waals surface area contributed by atoms with Crippen LogP contribution in [-0.2, 0) is 17.8 Å². The van der Waals surface area contributed by atoms with E-state index in [-0.39, 0.29) is 17.9 Å². The Balaban J connectivity index is 1.54. The molecule has 0 bridgehead atoms. The van der Waals surface area contributed by atoms with Crippen molar-refractivity contribution in [3.63, 3.8) is 0 Å². The van der Waals surface area contributed by atoms with Crippen LogP contribution < -0.4 is 4.90 Å². The maximum Gasteiger partial charge on any atom is 0.257 e. The molecule has 0 spiro atoms. The summed E-state index contributed by atoms with van der Waals surface area (Å²) in [5.74, 6) is 0.0616. The lowest BCUT2D eigenvalue weighted by molar-refractivity contribution is -0.122. The molecule has 1 unspecified atom stereocenters. The minimum absolute atomic E-state index is 0.0114. The second-order valence-electron chi connectivity index (χ2n) is 7.93. The molecule has 0 N–H and O–H groups in total. The lowest BCUT2D eigenvalue weighted by Crippen LogP contribution is -2.44. The SMILES string of the molecule is CCc1cc2c(s1)N(Cc1cccc(-c3ccccc3)c1)C(=O)C1CCCN1C2=O. The zero-order chi connectivity index (χ0) is 20.7. The Labute approximate surface area is 180 Å². The Bertz CT molecular complexity index is 1110. The average Bonchev–Trinajstić information content (AvgIpc) is 3.43. The van der Waals surface area contributed by atoms with Crippen LogP contribution in [0.2, 0.25) is 0 Å². The molecule has 5 heteroatoms. The predicted molar refractivity (Wildman–Crippen MR) is 121 cm³/mol. The number of rotatable bonds is 4. The first-order chi connectivity index (χ1) is 14.7. The number of thiophene rings is 1. The molecule has 2 amide bonds. The van der Waals surface area contributed by atoms with Gasteiger partial charge in [-0.1, -0.05) is 55.5 Å². The van der Waals surface area contributed by atoms with E-state index in [1.165, 1.54) is 0 Å². The summed E-state index contributed by atoms with van der Waals surface area (Å²) in [7, 11) is 0. The molecule has 1 saturated heterocycles. The topological polar surface area (TPSA) is 40.6 Å². The molecule has 3 heterocycles. The molecule has 0 radical (unpaired) electrons. The average molecular weight is 417 g/mol. The van der Waals surface area contributed by atoms with Gasteiger partial charge in [0.05, 0.1) is 12.1 Å². The maximum atomic E-state index is 13.5. The van der Waals surface area contributed by atoms with E-state index in [1.54, 1.807) is 16.2 Å². The van der Waals surface area contributed by atoms with Gasteiger partial charge in [0.1, 0.15) is 11.0 Å². The smallest absolute Gasteiger partial charge is 0.257 e. The lowest BCUT2D eigenvalue weighted by Gasteiger charge is -2.25. The van der Waals surface area contributed by atoms with E-state index >= 15 is 0 Å². The quantitative estimate of drug-likeness (QED) is 0.592. The maximum absolute atomic E-state index is 13.5. The minimum atomic E-state index is -0.334. The number of benzene rings is 2. The van der Waals surface area contributed by atoms with Crippen LogP contribution >= 0.6 is 11.3 Å². The zero-order valence-corrected chi connectivity index (χ0v) is 17.8. The molecule has 1 aromatic heterocycles. The van der Waals surface area contributed by atoms with Crippen LogP contribution in [0.4, 0.5) is 5.00 Å². The molecule has 152 valence electrons. The van der Waals surface area contributed by atoms with Crippen molar-refractivity contribution in [1.29, 1.82) is 0 Å². The highest BCUT2D eigenvalue weighted by Crippen LogP contribution is 2.39. The van der Waals surface area contributed by atoms with Crippen LogP contribution in [0.15, 0.2) is 60.7 Å². The van der Waals surface area contributed by atoms with Crippen molar-refractivity contribution in [3.8, 4) is 11.1 Å². The second-order valence-corrected chi connectivity index (χ2v) is 9.05. The third kappa shape index (κ3) is 3.23. The van der Waals surface area contributed by atoms with E-state index in [9.17, 15) is 9.59 Å². The Morgan fingerprint density at radius 2 is 1.80 bits per heavy atom. The van der Waals surface area contributed by atoms with E-state index in [4.69, 9.17) is 0 Å². The van der Waals surface area contributed by atoms with Crippen molar-refractivity contribution < 1.29 is 9.59 Å². The highest BCUT2D eigenvalue weighted by atomic mass is 32.1. The molecule has 2 aliphatic rings. The molecule has 1 atom stereocenters. The third-order valence-corrected chi connectivity index (χ3v) is 7.33. The van der Waals surface area contributed by atoms with Crippen molar-refractivity contribution in [1.82, 2.24) is 4.90 Å². The number of carbonyl (C=O) groups is 2. The molecule has 3 aromatic rings. The number of hydrogen-bond donors (Lipinski definition) is 0.